The van der Waals surface area contributed by atoms with Gasteiger partial charge in [0.1, 0.15) is 6.10 Å². The molecule has 2 aliphatic heterocycles. The average Bonchev–Trinajstić information content (AvgIpc) is 3.29. The van der Waals surface area contributed by atoms with E-state index in [-0.39, 0.29) is 17.2 Å². The van der Waals surface area contributed by atoms with E-state index in [1.54, 1.807) is 6.92 Å². The normalized spacial score (nSPS) is 29.2. The number of anilines is 1. The lowest BCUT2D eigenvalue weighted by molar-refractivity contribution is -0.130. The Morgan fingerprint density at radius 3 is 2.75 bits per heavy atom. The third kappa shape index (κ3) is 2.51. The van der Waals surface area contributed by atoms with Crippen molar-refractivity contribution >= 4 is 17.5 Å². The molecule has 3 aliphatic rings. The van der Waals surface area contributed by atoms with Gasteiger partial charge in [0, 0.05) is 30.6 Å². The zero-order valence-corrected chi connectivity index (χ0v) is 14.1. The van der Waals surface area contributed by atoms with Crippen LogP contribution < -0.4 is 10.2 Å². The second kappa shape index (κ2) is 5.88. The summed E-state index contributed by atoms with van der Waals surface area (Å²) in [5, 5.41) is 3.14. The van der Waals surface area contributed by atoms with Gasteiger partial charge in [-0.15, -0.1) is 0 Å². The largest absolute Gasteiger partial charge is 0.367 e. The fourth-order valence-corrected chi connectivity index (χ4v) is 4.47. The van der Waals surface area contributed by atoms with E-state index in [4.69, 9.17) is 4.74 Å². The summed E-state index contributed by atoms with van der Waals surface area (Å²) < 4.78 is 5.90. The highest BCUT2D eigenvalue weighted by Crippen LogP contribution is 2.47. The van der Waals surface area contributed by atoms with E-state index in [0.717, 1.165) is 24.1 Å². The minimum Gasteiger partial charge on any atom is -0.367 e. The van der Waals surface area contributed by atoms with Gasteiger partial charge >= 0.3 is 0 Å². The standard InChI is InChI=1S/C19H24N2O3/c1-13(22)21-11-19(15-8-4-5-9-16(15)21)10-17(24-12-19)18(23)20-14-6-2-3-7-14/h4-5,8-9,14,17H,2-3,6-7,10-12H2,1H3,(H,20,23). The van der Waals surface area contributed by atoms with Gasteiger partial charge in [-0.05, 0) is 30.9 Å². The van der Waals surface area contributed by atoms with Crippen LogP contribution >= 0.6 is 0 Å². The van der Waals surface area contributed by atoms with Crippen molar-refractivity contribution in [3.8, 4) is 0 Å². The van der Waals surface area contributed by atoms with E-state index in [1.165, 1.54) is 12.8 Å². The van der Waals surface area contributed by atoms with Gasteiger partial charge in [-0.2, -0.15) is 0 Å². The molecule has 0 bridgehead atoms. The van der Waals surface area contributed by atoms with Crippen LogP contribution in [0.3, 0.4) is 0 Å². The Bertz CT molecular complexity index is 668. The van der Waals surface area contributed by atoms with Crippen molar-refractivity contribution in [2.24, 2.45) is 0 Å². The number of carbonyl (C=O) groups excluding carboxylic acids is 2. The Morgan fingerprint density at radius 1 is 1.25 bits per heavy atom. The molecule has 1 spiro atoms. The highest BCUT2D eigenvalue weighted by Gasteiger charge is 2.51. The third-order valence-corrected chi connectivity index (χ3v) is 5.74. The first-order valence-electron chi connectivity index (χ1n) is 8.89. The fourth-order valence-electron chi connectivity index (χ4n) is 4.47. The Hall–Kier alpha value is -1.88. The van der Waals surface area contributed by atoms with E-state index in [1.807, 2.05) is 23.1 Å². The van der Waals surface area contributed by atoms with Crippen LogP contribution in [0.2, 0.25) is 0 Å². The molecule has 0 radical (unpaired) electrons. The number of carbonyl (C=O) groups is 2. The van der Waals surface area contributed by atoms with Gasteiger partial charge in [0.15, 0.2) is 0 Å². The first kappa shape index (κ1) is 15.6. The lowest BCUT2D eigenvalue weighted by atomic mass is 9.80. The number of benzene rings is 1. The van der Waals surface area contributed by atoms with Crippen molar-refractivity contribution in [2.75, 3.05) is 18.1 Å². The molecule has 0 aromatic heterocycles. The number of para-hydroxylation sites is 1. The molecule has 1 aromatic carbocycles. The van der Waals surface area contributed by atoms with Gasteiger partial charge in [-0.25, -0.2) is 0 Å². The summed E-state index contributed by atoms with van der Waals surface area (Å²) in [5.74, 6) is 0.0516. The third-order valence-electron chi connectivity index (χ3n) is 5.74. The zero-order valence-electron chi connectivity index (χ0n) is 14.1. The summed E-state index contributed by atoms with van der Waals surface area (Å²) in [7, 11) is 0. The number of rotatable bonds is 2. The maximum absolute atomic E-state index is 12.6. The van der Waals surface area contributed by atoms with Crippen molar-refractivity contribution in [3.63, 3.8) is 0 Å². The summed E-state index contributed by atoms with van der Waals surface area (Å²) in [6.45, 7) is 2.70. The van der Waals surface area contributed by atoms with Crippen molar-refractivity contribution in [1.82, 2.24) is 5.32 Å². The average molecular weight is 328 g/mol. The van der Waals surface area contributed by atoms with E-state index >= 15 is 0 Å². The summed E-state index contributed by atoms with van der Waals surface area (Å²) in [6, 6.07) is 8.31. The number of nitrogens with one attached hydrogen (secondary N) is 1. The molecule has 1 saturated heterocycles. The van der Waals surface area contributed by atoms with Crippen LogP contribution in [0.1, 0.15) is 44.6 Å². The molecule has 5 heteroatoms. The van der Waals surface area contributed by atoms with Gasteiger partial charge < -0.3 is 15.0 Å². The molecule has 1 aromatic rings. The SMILES string of the molecule is CC(=O)N1CC2(COC(C(=O)NC3CCCC3)C2)c2ccccc21. The molecule has 2 heterocycles. The topological polar surface area (TPSA) is 58.6 Å². The monoisotopic (exact) mass is 328 g/mol. The molecule has 1 N–H and O–H groups in total. The number of fused-ring (bicyclic) bond motifs is 2. The molecule has 2 unspecified atom stereocenters. The summed E-state index contributed by atoms with van der Waals surface area (Å²) in [5.41, 5.74) is 1.85. The summed E-state index contributed by atoms with van der Waals surface area (Å²) in [4.78, 5) is 26.4. The molecule has 2 fully saturated rings. The maximum atomic E-state index is 12.6. The molecule has 5 nitrogen and oxygen atoms in total. The molecule has 128 valence electrons. The highest BCUT2D eigenvalue weighted by atomic mass is 16.5. The predicted molar refractivity (Wildman–Crippen MR) is 90.9 cm³/mol. The molecular formula is C19H24N2O3. The van der Waals surface area contributed by atoms with Gasteiger partial charge in [-0.3, -0.25) is 9.59 Å². The quantitative estimate of drug-likeness (QED) is 0.905. The van der Waals surface area contributed by atoms with E-state index < -0.39 is 6.10 Å². The van der Waals surface area contributed by atoms with Gasteiger partial charge in [0.05, 0.1) is 6.61 Å². The number of hydrogen-bond donors (Lipinski definition) is 1. The lowest BCUT2D eigenvalue weighted by Crippen LogP contribution is -2.41. The second-order valence-corrected chi connectivity index (χ2v) is 7.40. The molecule has 4 rings (SSSR count). The van der Waals surface area contributed by atoms with Crippen LogP contribution in [0, 0.1) is 0 Å². The molecule has 2 amide bonds. The number of amides is 2. The molecule has 1 aliphatic carbocycles. The Morgan fingerprint density at radius 2 is 2.00 bits per heavy atom. The van der Waals surface area contributed by atoms with E-state index in [2.05, 4.69) is 11.4 Å². The molecule has 24 heavy (non-hydrogen) atoms. The van der Waals surface area contributed by atoms with Crippen LogP contribution in [-0.4, -0.2) is 37.1 Å². The lowest BCUT2D eigenvalue weighted by Gasteiger charge is -2.23. The number of ether oxygens (including phenoxy) is 1. The van der Waals surface area contributed by atoms with E-state index in [0.29, 0.717) is 25.6 Å². The highest BCUT2D eigenvalue weighted by molar-refractivity contribution is 5.95. The van der Waals surface area contributed by atoms with Crippen molar-refractivity contribution in [3.05, 3.63) is 29.8 Å². The Labute approximate surface area is 142 Å². The maximum Gasteiger partial charge on any atom is 0.249 e. The second-order valence-electron chi connectivity index (χ2n) is 7.40. The van der Waals surface area contributed by atoms with Gasteiger partial charge in [-0.1, -0.05) is 31.0 Å². The fraction of sp³-hybridized carbons (Fsp3) is 0.579. The molecular weight excluding hydrogens is 304 g/mol. The van der Waals surface area contributed by atoms with Gasteiger partial charge in [0.2, 0.25) is 11.8 Å². The minimum absolute atomic E-state index is 0.0116. The zero-order chi connectivity index (χ0) is 16.7. The Kier molecular flexibility index (Phi) is 3.83. The van der Waals surface area contributed by atoms with Crippen LogP contribution in [0.15, 0.2) is 24.3 Å². The van der Waals surface area contributed by atoms with Crippen molar-refractivity contribution in [1.29, 1.82) is 0 Å². The first-order chi connectivity index (χ1) is 11.6. The Balaban J connectivity index is 1.53. The van der Waals surface area contributed by atoms with Crippen molar-refractivity contribution < 1.29 is 14.3 Å². The van der Waals surface area contributed by atoms with Gasteiger partial charge in [0.25, 0.3) is 0 Å². The van der Waals surface area contributed by atoms with Crippen LogP contribution in [0.25, 0.3) is 0 Å². The smallest absolute Gasteiger partial charge is 0.249 e. The number of hydrogen-bond acceptors (Lipinski definition) is 3. The summed E-state index contributed by atoms with van der Waals surface area (Å²) >= 11 is 0. The minimum atomic E-state index is -0.412. The van der Waals surface area contributed by atoms with Crippen molar-refractivity contribution in [2.45, 2.75) is 56.6 Å². The van der Waals surface area contributed by atoms with Crippen LogP contribution in [0.4, 0.5) is 5.69 Å². The number of nitrogens with zero attached hydrogens (tertiary/aromatic N) is 1. The van der Waals surface area contributed by atoms with Crippen LogP contribution in [-0.2, 0) is 19.7 Å². The molecule has 1 saturated carbocycles. The summed E-state index contributed by atoms with van der Waals surface area (Å²) in [6.07, 6.45) is 4.77. The van der Waals surface area contributed by atoms with E-state index in [9.17, 15) is 9.59 Å². The van der Waals surface area contributed by atoms with Crippen LogP contribution in [0.5, 0.6) is 0 Å². The first-order valence-corrected chi connectivity index (χ1v) is 8.89. The molecule has 2 atom stereocenters. The predicted octanol–water partition coefficient (Wildman–Crippen LogP) is 2.14.